The van der Waals surface area contributed by atoms with Crippen LogP contribution in [0.5, 0.6) is 0 Å². The lowest BCUT2D eigenvalue weighted by Gasteiger charge is -2.33. The van der Waals surface area contributed by atoms with Crippen molar-refractivity contribution in [1.82, 2.24) is 34.7 Å². The van der Waals surface area contributed by atoms with E-state index in [2.05, 4.69) is 25.5 Å². The van der Waals surface area contributed by atoms with Crippen LogP contribution in [0.2, 0.25) is 0 Å². The fourth-order valence-corrected chi connectivity index (χ4v) is 5.74. The molecule has 2 fully saturated rings. The molecule has 202 valence electrons. The number of rotatable bonds is 6. The standard InChI is InChI=1S/C25H32N8O4S/c1-3-21(34)31-8-4-16(5-9-31)27-20-14-19(23(35)32-10-6-17(7-11-32)28-25(36)37-2)29-22(30-20)18-15-26-33-12-13-38-24(18)33/h12-17H,3-11H2,1-2H3,(H,28,36)(H,27,29,30). The summed E-state index contributed by atoms with van der Waals surface area (Å²) in [6.45, 7) is 4.28. The van der Waals surface area contributed by atoms with Gasteiger partial charge in [-0.25, -0.2) is 19.3 Å². The molecule has 5 heterocycles. The fraction of sp³-hybridized carbons (Fsp3) is 0.520. The molecule has 3 aromatic rings. The van der Waals surface area contributed by atoms with Gasteiger partial charge in [0.1, 0.15) is 16.3 Å². The van der Waals surface area contributed by atoms with Crippen molar-refractivity contribution in [3.05, 3.63) is 29.5 Å². The molecule has 0 bridgehead atoms. The predicted molar refractivity (Wildman–Crippen MR) is 142 cm³/mol. The lowest BCUT2D eigenvalue weighted by atomic mass is 10.0. The van der Waals surface area contributed by atoms with Gasteiger partial charge in [0, 0.05) is 62.3 Å². The molecule has 0 atom stereocenters. The summed E-state index contributed by atoms with van der Waals surface area (Å²) in [5.74, 6) is 1.02. The highest BCUT2D eigenvalue weighted by Gasteiger charge is 2.28. The average Bonchev–Trinajstić information content (AvgIpc) is 3.57. The first kappa shape index (κ1) is 25.9. The molecule has 3 amide bonds. The van der Waals surface area contributed by atoms with E-state index in [9.17, 15) is 14.4 Å². The van der Waals surface area contributed by atoms with E-state index in [1.165, 1.54) is 18.4 Å². The summed E-state index contributed by atoms with van der Waals surface area (Å²) < 4.78 is 6.46. The van der Waals surface area contributed by atoms with Crippen LogP contribution in [-0.4, -0.2) is 92.7 Å². The first-order chi connectivity index (χ1) is 18.4. The van der Waals surface area contributed by atoms with Gasteiger partial charge in [-0.3, -0.25) is 9.59 Å². The molecule has 0 aromatic carbocycles. The number of carbonyl (C=O) groups excluding carboxylic acids is 3. The number of fused-ring (bicyclic) bond motifs is 1. The average molecular weight is 541 g/mol. The number of nitrogens with one attached hydrogen (secondary N) is 2. The van der Waals surface area contributed by atoms with Crippen LogP contribution in [0, 0.1) is 0 Å². The van der Waals surface area contributed by atoms with Gasteiger partial charge in [-0.15, -0.1) is 11.3 Å². The van der Waals surface area contributed by atoms with E-state index >= 15 is 0 Å². The monoisotopic (exact) mass is 540 g/mol. The van der Waals surface area contributed by atoms with E-state index in [0.29, 0.717) is 62.8 Å². The highest BCUT2D eigenvalue weighted by molar-refractivity contribution is 7.16. The Kier molecular flexibility index (Phi) is 7.72. The number of thiazole rings is 1. The second kappa shape index (κ2) is 11.3. The molecule has 2 aliphatic rings. The van der Waals surface area contributed by atoms with Crippen LogP contribution in [0.1, 0.15) is 49.5 Å². The third-order valence-corrected chi connectivity index (χ3v) is 8.00. The number of anilines is 1. The van der Waals surface area contributed by atoms with Crippen molar-refractivity contribution in [3.63, 3.8) is 0 Å². The first-order valence-electron chi connectivity index (χ1n) is 12.9. The summed E-state index contributed by atoms with van der Waals surface area (Å²) in [5, 5.41) is 12.6. The SMILES string of the molecule is CCC(=O)N1CCC(Nc2cc(C(=O)N3CCC(NC(=O)OC)CC3)nc(-c3cnn4ccsc34)n2)CC1. The summed E-state index contributed by atoms with van der Waals surface area (Å²) in [5.41, 5.74) is 1.08. The highest BCUT2D eigenvalue weighted by atomic mass is 32.1. The molecular weight excluding hydrogens is 508 g/mol. The second-order valence-electron chi connectivity index (χ2n) is 9.53. The molecule has 2 N–H and O–H groups in total. The minimum atomic E-state index is -0.461. The Morgan fingerprint density at radius 1 is 1.05 bits per heavy atom. The molecule has 0 radical (unpaired) electrons. The van der Waals surface area contributed by atoms with Crippen molar-refractivity contribution < 1.29 is 19.1 Å². The molecule has 12 nitrogen and oxygen atoms in total. The normalized spacial score (nSPS) is 17.0. The maximum absolute atomic E-state index is 13.5. The van der Waals surface area contributed by atoms with Crippen LogP contribution in [0.4, 0.5) is 10.6 Å². The van der Waals surface area contributed by atoms with Crippen molar-refractivity contribution in [2.75, 3.05) is 38.6 Å². The van der Waals surface area contributed by atoms with Crippen molar-refractivity contribution >= 4 is 39.9 Å². The zero-order valence-electron chi connectivity index (χ0n) is 21.6. The molecule has 13 heteroatoms. The van der Waals surface area contributed by atoms with Gasteiger partial charge < -0.3 is 25.2 Å². The smallest absolute Gasteiger partial charge is 0.407 e. The maximum Gasteiger partial charge on any atom is 0.407 e. The van der Waals surface area contributed by atoms with Gasteiger partial charge in [-0.2, -0.15) is 5.10 Å². The Morgan fingerprint density at radius 2 is 1.76 bits per heavy atom. The summed E-state index contributed by atoms with van der Waals surface area (Å²) in [6.07, 6.45) is 6.52. The largest absolute Gasteiger partial charge is 0.453 e. The molecule has 0 saturated carbocycles. The minimum absolute atomic E-state index is 0.0327. The number of amides is 3. The summed E-state index contributed by atoms with van der Waals surface area (Å²) in [6, 6.07) is 1.81. The molecule has 3 aromatic heterocycles. The third kappa shape index (κ3) is 5.57. The van der Waals surface area contributed by atoms with Gasteiger partial charge in [0.05, 0.1) is 18.9 Å². The number of likely N-dealkylation sites (tertiary alicyclic amines) is 2. The van der Waals surface area contributed by atoms with Crippen molar-refractivity contribution in [2.24, 2.45) is 0 Å². The lowest BCUT2D eigenvalue weighted by Crippen LogP contribution is -2.46. The zero-order chi connectivity index (χ0) is 26.6. The molecular formula is C25H32N8O4S. The van der Waals surface area contributed by atoms with Crippen molar-refractivity contribution in [2.45, 2.75) is 51.1 Å². The van der Waals surface area contributed by atoms with E-state index in [0.717, 1.165) is 23.2 Å². The topological polar surface area (TPSA) is 134 Å². The van der Waals surface area contributed by atoms with Gasteiger partial charge in [-0.05, 0) is 25.7 Å². The Balaban J connectivity index is 1.36. The van der Waals surface area contributed by atoms with Crippen LogP contribution >= 0.6 is 11.3 Å². The van der Waals surface area contributed by atoms with Gasteiger partial charge in [0.2, 0.25) is 5.91 Å². The Labute approximate surface area is 224 Å². The maximum atomic E-state index is 13.5. The molecule has 2 saturated heterocycles. The molecule has 5 rings (SSSR count). The van der Waals surface area contributed by atoms with Crippen LogP contribution < -0.4 is 10.6 Å². The first-order valence-corrected chi connectivity index (χ1v) is 13.8. The Morgan fingerprint density at radius 3 is 2.47 bits per heavy atom. The number of hydrogen-bond donors (Lipinski definition) is 2. The van der Waals surface area contributed by atoms with Crippen molar-refractivity contribution in [1.29, 1.82) is 0 Å². The molecule has 2 aliphatic heterocycles. The van der Waals surface area contributed by atoms with Crippen LogP contribution in [0.15, 0.2) is 23.8 Å². The van der Waals surface area contributed by atoms with Gasteiger partial charge in [0.15, 0.2) is 5.82 Å². The lowest BCUT2D eigenvalue weighted by molar-refractivity contribution is -0.131. The predicted octanol–water partition coefficient (Wildman–Crippen LogP) is 2.63. The Hall–Kier alpha value is -3.74. The number of ether oxygens (including phenoxy) is 1. The highest BCUT2D eigenvalue weighted by Crippen LogP contribution is 2.28. The number of methoxy groups -OCH3 is 1. The van der Waals surface area contributed by atoms with Gasteiger partial charge in [0.25, 0.3) is 5.91 Å². The van der Waals surface area contributed by atoms with Gasteiger partial charge in [-0.1, -0.05) is 6.92 Å². The Bertz CT molecular complexity index is 1310. The summed E-state index contributed by atoms with van der Waals surface area (Å²) >= 11 is 1.53. The number of hydrogen-bond acceptors (Lipinski definition) is 9. The molecule has 0 aliphatic carbocycles. The van der Waals surface area contributed by atoms with E-state index < -0.39 is 6.09 Å². The van der Waals surface area contributed by atoms with E-state index in [4.69, 9.17) is 4.98 Å². The summed E-state index contributed by atoms with van der Waals surface area (Å²) in [4.78, 5) is 51.2. The fourth-order valence-electron chi connectivity index (χ4n) is 4.95. The zero-order valence-corrected chi connectivity index (χ0v) is 22.4. The molecule has 0 spiro atoms. The third-order valence-electron chi connectivity index (χ3n) is 7.11. The second-order valence-corrected chi connectivity index (χ2v) is 10.4. The number of piperidine rings is 2. The van der Waals surface area contributed by atoms with Crippen LogP contribution in [0.3, 0.4) is 0 Å². The van der Waals surface area contributed by atoms with E-state index in [1.54, 1.807) is 21.7 Å². The van der Waals surface area contributed by atoms with E-state index in [-0.39, 0.29) is 23.9 Å². The number of alkyl carbamates (subject to hydrolysis) is 1. The number of carbonyl (C=O) groups is 3. The van der Waals surface area contributed by atoms with Gasteiger partial charge >= 0.3 is 6.09 Å². The molecule has 38 heavy (non-hydrogen) atoms. The molecule has 0 unspecified atom stereocenters. The van der Waals surface area contributed by atoms with E-state index in [1.807, 2.05) is 23.4 Å². The minimum Gasteiger partial charge on any atom is -0.453 e. The van der Waals surface area contributed by atoms with Crippen molar-refractivity contribution in [3.8, 4) is 11.4 Å². The summed E-state index contributed by atoms with van der Waals surface area (Å²) in [7, 11) is 1.34. The van der Waals surface area contributed by atoms with Crippen LogP contribution in [0.25, 0.3) is 16.2 Å². The number of aromatic nitrogens is 4. The van der Waals surface area contributed by atoms with Crippen LogP contribution in [-0.2, 0) is 9.53 Å². The number of nitrogens with zero attached hydrogens (tertiary/aromatic N) is 6. The quantitative estimate of drug-likeness (QED) is 0.487.